The van der Waals surface area contributed by atoms with Crippen LogP contribution in [0, 0.1) is 12.8 Å². The number of methoxy groups -OCH3 is 1. The first kappa shape index (κ1) is 21.4. The minimum atomic E-state index is -0.879. The second-order valence-electron chi connectivity index (χ2n) is 6.78. The molecule has 0 saturated heterocycles. The highest BCUT2D eigenvalue weighted by molar-refractivity contribution is 7.16. The van der Waals surface area contributed by atoms with Gasteiger partial charge < -0.3 is 14.8 Å². The van der Waals surface area contributed by atoms with E-state index >= 15 is 0 Å². The van der Waals surface area contributed by atoms with E-state index in [2.05, 4.69) is 10.6 Å². The van der Waals surface area contributed by atoms with E-state index in [9.17, 15) is 14.4 Å². The second-order valence-corrected chi connectivity index (χ2v) is 8.01. The number of ether oxygens (including phenoxy) is 2. The van der Waals surface area contributed by atoms with Crippen molar-refractivity contribution in [1.29, 1.82) is 0 Å². The van der Waals surface area contributed by atoms with E-state index < -0.39 is 11.5 Å². The third-order valence-corrected chi connectivity index (χ3v) is 5.98. The predicted octanol–water partition coefficient (Wildman–Crippen LogP) is 2.67. The van der Waals surface area contributed by atoms with Crippen LogP contribution in [0.25, 0.3) is 0 Å². The van der Waals surface area contributed by atoms with Crippen LogP contribution in [0.3, 0.4) is 0 Å². The van der Waals surface area contributed by atoms with Gasteiger partial charge in [0.05, 0.1) is 25.8 Å². The fraction of sp³-hybridized carbons (Fsp3) is 0.632. The van der Waals surface area contributed by atoms with E-state index in [1.54, 1.807) is 13.8 Å². The molecule has 1 atom stereocenters. The molecule has 1 amide bonds. The highest BCUT2D eigenvalue weighted by atomic mass is 32.1. The lowest BCUT2D eigenvalue weighted by molar-refractivity contribution is -0.149. The molecule has 1 aromatic rings. The molecule has 1 heterocycles. The maximum atomic E-state index is 12.5. The van der Waals surface area contributed by atoms with Crippen molar-refractivity contribution in [1.82, 2.24) is 5.32 Å². The largest absolute Gasteiger partial charge is 0.468 e. The fourth-order valence-corrected chi connectivity index (χ4v) is 4.35. The Balaban J connectivity index is 2.11. The van der Waals surface area contributed by atoms with Gasteiger partial charge in [0.1, 0.15) is 10.5 Å². The molecule has 2 N–H and O–H groups in total. The number of rotatable bonds is 9. The molecule has 150 valence electrons. The maximum Gasteiger partial charge on any atom is 0.341 e. The van der Waals surface area contributed by atoms with Crippen molar-refractivity contribution in [2.75, 3.05) is 25.6 Å². The maximum absolute atomic E-state index is 12.5. The minimum Gasteiger partial charge on any atom is -0.468 e. The van der Waals surface area contributed by atoms with Crippen LogP contribution in [0.2, 0.25) is 0 Å². The van der Waals surface area contributed by atoms with Crippen LogP contribution in [-0.2, 0) is 25.5 Å². The van der Waals surface area contributed by atoms with Crippen molar-refractivity contribution in [2.24, 2.45) is 5.92 Å². The van der Waals surface area contributed by atoms with Gasteiger partial charge in [-0.3, -0.25) is 14.9 Å². The summed E-state index contributed by atoms with van der Waals surface area (Å²) < 4.78 is 10.0. The quantitative estimate of drug-likeness (QED) is 0.623. The van der Waals surface area contributed by atoms with Crippen molar-refractivity contribution in [2.45, 2.75) is 52.5 Å². The Morgan fingerprint density at radius 1 is 1.26 bits per heavy atom. The summed E-state index contributed by atoms with van der Waals surface area (Å²) in [5.41, 5.74) is 0.433. The Hall–Kier alpha value is -1.93. The summed E-state index contributed by atoms with van der Waals surface area (Å²) in [6.07, 6.45) is 2.53. The molecule has 1 aliphatic carbocycles. The topological polar surface area (TPSA) is 93.7 Å². The van der Waals surface area contributed by atoms with Gasteiger partial charge in [-0.2, -0.15) is 0 Å². The number of amides is 1. The van der Waals surface area contributed by atoms with Crippen molar-refractivity contribution in [3.8, 4) is 0 Å². The Kier molecular flexibility index (Phi) is 7.00. The Morgan fingerprint density at radius 2 is 1.93 bits per heavy atom. The number of hydrogen-bond acceptors (Lipinski definition) is 7. The van der Waals surface area contributed by atoms with Gasteiger partial charge >= 0.3 is 11.9 Å². The number of aryl methyl sites for hydroxylation is 1. The molecule has 1 aliphatic rings. The monoisotopic (exact) mass is 396 g/mol. The highest BCUT2D eigenvalue weighted by Crippen LogP contribution is 2.40. The van der Waals surface area contributed by atoms with Gasteiger partial charge in [-0.05, 0) is 51.5 Å². The molecule has 1 fully saturated rings. The average Bonchev–Trinajstić information content (AvgIpc) is 3.44. The number of hydrogen-bond donors (Lipinski definition) is 2. The molecule has 0 aliphatic heterocycles. The third-order valence-electron chi connectivity index (χ3n) is 4.91. The average molecular weight is 397 g/mol. The number of carbonyl (C=O) groups is 3. The van der Waals surface area contributed by atoms with Gasteiger partial charge in [0.15, 0.2) is 0 Å². The normalized spacial score (nSPS) is 15.7. The van der Waals surface area contributed by atoms with Crippen LogP contribution in [0.5, 0.6) is 0 Å². The van der Waals surface area contributed by atoms with E-state index in [0.717, 1.165) is 23.3 Å². The van der Waals surface area contributed by atoms with Gasteiger partial charge in [-0.15, -0.1) is 11.3 Å². The standard InChI is InChI=1S/C19H28N2O5S/c1-6-13-11(3)27-16(15(13)17(23)26-7-2)21-14(22)10-20-19(4,12-8-9-12)18(24)25-5/h12,20H,6-10H2,1-5H3,(H,21,22)/t19-/m0/s1. The molecule has 0 bridgehead atoms. The van der Waals surface area contributed by atoms with Gasteiger partial charge in [-0.1, -0.05) is 6.92 Å². The molecular weight excluding hydrogens is 368 g/mol. The summed E-state index contributed by atoms with van der Waals surface area (Å²) in [6.45, 7) is 7.60. The van der Waals surface area contributed by atoms with Crippen molar-refractivity contribution >= 4 is 34.2 Å². The molecule has 8 heteroatoms. The molecule has 0 unspecified atom stereocenters. The van der Waals surface area contributed by atoms with Gasteiger partial charge in [0.2, 0.25) is 5.91 Å². The first-order chi connectivity index (χ1) is 12.8. The number of anilines is 1. The summed E-state index contributed by atoms with van der Waals surface area (Å²) >= 11 is 1.36. The van der Waals surface area contributed by atoms with E-state index in [-0.39, 0.29) is 30.9 Å². The second kappa shape index (κ2) is 8.84. The molecule has 0 spiro atoms. The van der Waals surface area contributed by atoms with Crippen molar-refractivity contribution in [3.63, 3.8) is 0 Å². The summed E-state index contributed by atoms with van der Waals surface area (Å²) in [5.74, 6) is -0.951. The number of carbonyl (C=O) groups excluding carboxylic acids is 3. The molecule has 1 saturated carbocycles. The Labute approximate surface area is 163 Å². The summed E-state index contributed by atoms with van der Waals surface area (Å²) in [4.78, 5) is 37.9. The van der Waals surface area contributed by atoms with Crippen LogP contribution < -0.4 is 10.6 Å². The lowest BCUT2D eigenvalue weighted by atomic mass is 9.96. The van der Waals surface area contributed by atoms with Crippen LogP contribution in [0.15, 0.2) is 0 Å². The summed E-state index contributed by atoms with van der Waals surface area (Å²) in [6, 6.07) is 0. The van der Waals surface area contributed by atoms with Gasteiger partial charge in [-0.25, -0.2) is 4.79 Å². The molecule has 1 aromatic heterocycles. The zero-order valence-corrected chi connectivity index (χ0v) is 17.4. The van der Waals surface area contributed by atoms with E-state index in [1.807, 2.05) is 13.8 Å². The van der Waals surface area contributed by atoms with Gasteiger partial charge in [0.25, 0.3) is 0 Å². The van der Waals surface area contributed by atoms with Crippen molar-refractivity contribution in [3.05, 3.63) is 16.0 Å². The number of esters is 2. The molecule has 0 radical (unpaired) electrons. The Bertz CT molecular complexity index is 726. The molecule has 0 aromatic carbocycles. The third kappa shape index (κ3) is 4.68. The summed E-state index contributed by atoms with van der Waals surface area (Å²) in [7, 11) is 1.34. The zero-order chi connectivity index (χ0) is 20.2. The van der Waals surface area contributed by atoms with Crippen LogP contribution in [-0.4, -0.2) is 43.6 Å². The zero-order valence-electron chi connectivity index (χ0n) is 16.6. The molecule has 27 heavy (non-hydrogen) atoms. The Morgan fingerprint density at radius 3 is 2.44 bits per heavy atom. The lowest BCUT2D eigenvalue weighted by Gasteiger charge is -2.27. The first-order valence-corrected chi connectivity index (χ1v) is 10.0. The van der Waals surface area contributed by atoms with E-state index in [1.165, 1.54) is 18.4 Å². The van der Waals surface area contributed by atoms with Gasteiger partial charge in [0, 0.05) is 4.88 Å². The molecule has 7 nitrogen and oxygen atoms in total. The lowest BCUT2D eigenvalue weighted by Crippen LogP contribution is -2.54. The molecule has 2 rings (SSSR count). The SMILES string of the molecule is CCOC(=O)c1c(NC(=O)CN[C@](C)(C(=O)OC)C2CC2)sc(C)c1CC. The smallest absolute Gasteiger partial charge is 0.341 e. The number of thiophene rings is 1. The number of nitrogens with one attached hydrogen (secondary N) is 2. The van der Waals surface area contributed by atoms with E-state index in [0.29, 0.717) is 17.0 Å². The summed E-state index contributed by atoms with van der Waals surface area (Å²) in [5, 5.41) is 6.33. The fourth-order valence-electron chi connectivity index (χ4n) is 3.20. The van der Waals surface area contributed by atoms with Crippen LogP contribution >= 0.6 is 11.3 Å². The highest BCUT2D eigenvalue weighted by Gasteiger charge is 2.48. The van der Waals surface area contributed by atoms with Crippen LogP contribution in [0.4, 0.5) is 5.00 Å². The minimum absolute atomic E-state index is 0.0528. The van der Waals surface area contributed by atoms with Crippen LogP contribution in [0.1, 0.15) is 54.4 Å². The predicted molar refractivity (Wildman–Crippen MR) is 104 cm³/mol. The molecular formula is C19H28N2O5S. The van der Waals surface area contributed by atoms with Crippen molar-refractivity contribution < 1.29 is 23.9 Å². The first-order valence-electron chi connectivity index (χ1n) is 9.21. The van der Waals surface area contributed by atoms with E-state index in [4.69, 9.17) is 9.47 Å².